The van der Waals surface area contributed by atoms with Crippen molar-refractivity contribution >= 4 is 23.4 Å². The smallest absolute Gasteiger partial charge is 0.409 e. The number of amides is 1. The largest absolute Gasteiger partial charge is 0.489 e. The van der Waals surface area contributed by atoms with Crippen molar-refractivity contribution in [2.45, 2.75) is 12.0 Å². The second kappa shape index (κ2) is 10.8. The summed E-state index contributed by atoms with van der Waals surface area (Å²) in [6.45, 7) is 3.30. The Morgan fingerprint density at radius 3 is 2.28 bits per heavy atom. The van der Waals surface area contributed by atoms with Crippen molar-refractivity contribution in [2.75, 3.05) is 51.7 Å². The van der Waals surface area contributed by atoms with Crippen LogP contribution < -0.4 is 10.5 Å². The first kappa shape index (κ1) is 24.4. The van der Waals surface area contributed by atoms with Gasteiger partial charge in [-0.1, -0.05) is 60.1 Å². The quantitative estimate of drug-likeness (QED) is 0.465. The Kier molecular flexibility index (Phi) is 7.32. The standard InChI is InChI=1S/C28H30ClN3O4/c29-26-15-19(30)9-10-27(26)35-17-20(33)16-31-11-13-32(14-12-31)28(34)36-18-25-23-7-3-1-5-21(23)22-6-2-4-8-24(22)25/h1-10,15,20,25,33H,11-14,16-18,30H2. The molecular formula is C28H30ClN3O4. The van der Waals surface area contributed by atoms with Crippen LogP contribution in [-0.2, 0) is 4.74 Å². The molecule has 1 atom stereocenters. The number of carbonyl (C=O) groups is 1. The zero-order valence-electron chi connectivity index (χ0n) is 20.0. The number of piperazine rings is 1. The third-order valence-corrected chi connectivity index (χ3v) is 7.12. The van der Waals surface area contributed by atoms with Gasteiger partial charge in [0, 0.05) is 44.3 Å². The molecule has 2 aliphatic rings. The van der Waals surface area contributed by atoms with Crippen LogP contribution in [0.5, 0.6) is 5.75 Å². The van der Waals surface area contributed by atoms with Crippen LogP contribution in [0.4, 0.5) is 10.5 Å². The van der Waals surface area contributed by atoms with Gasteiger partial charge in [-0.05, 0) is 40.5 Å². The van der Waals surface area contributed by atoms with Gasteiger partial charge in [-0.25, -0.2) is 4.79 Å². The molecular weight excluding hydrogens is 478 g/mol. The highest BCUT2D eigenvalue weighted by molar-refractivity contribution is 6.32. The van der Waals surface area contributed by atoms with E-state index in [1.165, 1.54) is 22.3 Å². The first-order valence-corrected chi connectivity index (χ1v) is 12.6. The maximum absolute atomic E-state index is 12.8. The summed E-state index contributed by atoms with van der Waals surface area (Å²) in [7, 11) is 0. The number of rotatable bonds is 7. The Bertz CT molecular complexity index is 1180. The molecule has 1 aliphatic heterocycles. The van der Waals surface area contributed by atoms with Crippen LogP contribution in [0.25, 0.3) is 11.1 Å². The summed E-state index contributed by atoms with van der Waals surface area (Å²) in [6, 6.07) is 21.6. The number of nitrogen functional groups attached to an aromatic ring is 1. The maximum Gasteiger partial charge on any atom is 0.409 e. The van der Waals surface area contributed by atoms with E-state index in [0.29, 0.717) is 55.8 Å². The van der Waals surface area contributed by atoms with Crippen LogP contribution in [0.2, 0.25) is 5.02 Å². The molecule has 188 valence electrons. The van der Waals surface area contributed by atoms with Crippen molar-refractivity contribution in [3.8, 4) is 16.9 Å². The fourth-order valence-electron chi connectivity index (χ4n) is 4.97. The molecule has 7 nitrogen and oxygen atoms in total. The molecule has 36 heavy (non-hydrogen) atoms. The molecule has 0 aromatic heterocycles. The molecule has 1 heterocycles. The zero-order chi connectivity index (χ0) is 25.1. The van der Waals surface area contributed by atoms with Crippen LogP contribution in [-0.4, -0.2) is 73.0 Å². The second-order valence-corrected chi connectivity index (χ2v) is 9.65. The third kappa shape index (κ3) is 5.28. The van der Waals surface area contributed by atoms with Crippen LogP contribution in [0.1, 0.15) is 17.0 Å². The molecule has 5 rings (SSSR count). The van der Waals surface area contributed by atoms with E-state index in [1.807, 2.05) is 24.3 Å². The predicted molar refractivity (Wildman–Crippen MR) is 140 cm³/mol. The topological polar surface area (TPSA) is 88.3 Å². The predicted octanol–water partition coefficient (Wildman–Crippen LogP) is 4.23. The van der Waals surface area contributed by atoms with E-state index in [0.717, 1.165) is 0 Å². The molecule has 3 aromatic carbocycles. The number of halogens is 1. The van der Waals surface area contributed by atoms with E-state index in [2.05, 4.69) is 29.2 Å². The van der Waals surface area contributed by atoms with Crippen LogP contribution in [0.15, 0.2) is 66.7 Å². The molecule has 1 amide bonds. The fourth-order valence-corrected chi connectivity index (χ4v) is 5.21. The summed E-state index contributed by atoms with van der Waals surface area (Å²) < 4.78 is 11.4. The van der Waals surface area contributed by atoms with Crippen molar-refractivity contribution < 1.29 is 19.4 Å². The van der Waals surface area contributed by atoms with Crippen molar-refractivity contribution in [3.63, 3.8) is 0 Å². The number of hydrogen-bond acceptors (Lipinski definition) is 6. The van der Waals surface area contributed by atoms with Gasteiger partial charge in [-0.3, -0.25) is 4.90 Å². The van der Waals surface area contributed by atoms with Crippen molar-refractivity contribution in [2.24, 2.45) is 0 Å². The van der Waals surface area contributed by atoms with Crippen molar-refractivity contribution in [1.29, 1.82) is 0 Å². The average molecular weight is 508 g/mol. The molecule has 0 saturated carbocycles. The lowest BCUT2D eigenvalue weighted by Crippen LogP contribution is -2.51. The average Bonchev–Trinajstić information content (AvgIpc) is 3.21. The van der Waals surface area contributed by atoms with Gasteiger partial charge in [0.2, 0.25) is 0 Å². The minimum atomic E-state index is -0.681. The first-order chi connectivity index (χ1) is 17.5. The van der Waals surface area contributed by atoms with Crippen molar-refractivity contribution in [1.82, 2.24) is 9.80 Å². The van der Waals surface area contributed by atoms with E-state index in [1.54, 1.807) is 23.1 Å². The van der Waals surface area contributed by atoms with Crippen LogP contribution in [0, 0.1) is 0 Å². The zero-order valence-corrected chi connectivity index (χ0v) is 20.7. The number of hydrogen-bond donors (Lipinski definition) is 2. The van der Waals surface area contributed by atoms with E-state index >= 15 is 0 Å². The highest BCUT2D eigenvalue weighted by Gasteiger charge is 2.30. The normalized spacial score (nSPS) is 16.3. The first-order valence-electron chi connectivity index (χ1n) is 12.2. The molecule has 0 spiro atoms. The molecule has 0 radical (unpaired) electrons. The number of ether oxygens (including phenoxy) is 2. The number of anilines is 1. The minimum absolute atomic E-state index is 0.0485. The lowest BCUT2D eigenvalue weighted by atomic mass is 9.98. The lowest BCUT2D eigenvalue weighted by Gasteiger charge is -2.35. The van der Waals surface area contributed by atoms with E-state index < -0.39 is 6.10 Å². The Hall–Kier alpha value is -3.26. The van der Waals surface area contributed by atoms with Crippen LogP contribution >= 0.6 is 11.6 Å². The molecule has 1 fully saturated rings. The van der Waals surface area contributed by atoms with Gasteiger partial charge in [-0.2, -0.15) is 0 Å². The molecule has 3 N–H and O–H groups in total. The minimum Gasteiger partial charge on any atom is -0.489 e. The molecule has 8 heteroatoms. The maximum atomic E-state index is 12.8. The summed E-state index contributed by atoms with van der Waals surface area (Å²) >= 11 is 6.12. The molecule has 1 aliphatic carbocycles. The highest BCUT2D eigenvalue weighted by atomic mass is 35.5. The summed E-state index contributed by atoms with van der Waals surface area (Å²) in [4.78, 5) is 16.7. The number of aliphatic hydroxyl groups is 1. The number of nitrogens with zero attached hydrogens (tertiary/aromatic N) is 2. The number of β-amino-alcohol motifs (C(OH)–C–C–N with tert-alkyl or cyclic N) is 1. The van der Waals surface area contributed by atoms with E-state index in [4.69, 9.17) is 26.8 Å². The van der Waals surface area contributed by atoms with Gasteiger partial charge in [0.25, 0.3) is 0 Å². The van der Waals surface area contributed by atoms with Gasteiger partial charge < -0.3 is 25.2 Å². The monoisotopic (exact) mass is 507 g/mol. The number of carbonyl (C=O) groups excluding carboxylic acids is 1. The third-order valence-electron chi connectivity index (χ3n) is 6.82. The number of fused-ring (bicyclic) bond motifs is 3. The SMILES string of the molecule is Nc1ccc(OCC(O)CN2CCN(C(=O)OCC3c4ccccc4-c4ccccc43)CC2)c(Cl)c1. The summed E-state index contributed by atoms with van der Waals surface area (Å²) in [5, 5.41) is 10.8. The Balaban J connectivity index is 1.08. The Labute approximate surface area is 216 Å². The van der Waals surface area contributed by atoms with Gasteiger partial charge in [0.05, 0.1) is 5.02 Å². The Morgan fingerprint density at radius 1 is 1.00 bits per heavy atom. The second-order valence-electron chi connectivity index (χ2n) is 9.25. The highest BCUT2D eigenvalue weighted by Crippen LogP contribution is 2.44. The Morgan fingerprint density at radius 2 is 1.64 bits per heavy atom. The molecule has 1 saturated heterocycles. The van der Waals surface area contributed by atoms with Gasteiger partial charge in [0.1, 0.15) is 25.1 Å². The number of benzene rings is 3. The summed E-state index contributed by atoms with van der Waals surface area (Å²) in [5.41, 5.74) is 11.1. The van der Waals surface area contributed by atoms with Gasteiger partial charge >= 0.3 is 6.09 Å². The van der Waals surface area contributed by atoms with E-state index in [-0.39, 0.29) is 18.6 Å². The molecule has 1 unspecified atom stereocenters. The van der Waals surface area contributed by atoms with Crippen molar-refractivity contribution in [3.05, 3.63) is 82.9 Å². The number of nitrogens with two attached hydrogens (primary N) is 1. The van der Waals surface area contributed by atoms with Gasteiger partial charge in [0.15, 0.2) is 0 Å². The summed E-state index contributed by atoms with van der Waals surface area (Å²) in [5.74, 6) is 0.539. The lowest BCUT2D eigenvalue weighted by molar-refractivity contribution is 0.0394. The fraction of sp³-hybridized carbons (Fsp3) is 0.321. The van der Waals surface area contributed by atoms with E-state index in [9.17, 15) is 9.90 Å². The molecule has 0 bridgehead atoms. The molecule has 3 aromatic rings. The van der Waals surface area contributed by atoms with Crippen LogP contribution in [0.3, 0.4) is 0 Å². The van der Waals surface area contributed by atoms with Gasteiger partial charge in [-0.15, -0.1) is 0 Å². The summed E-state index contributed by atoms with van der Waals surface area (Å²) in [6.07, 6.45) is -0.974. The number of aliphatic hydroxyl groups excluding tert-OH is 1.